The average molecular weight is 281 g/mol. The van der Waals surface area contributed by atoms with Gasteiger partial charge in [-0.25, -0.2) is 0 Å². The molecule has 0 atom stereocenters. The van der Waals surface area contributed by atoms with E-state index in [0.717, 1.165) is 27.2 Å². The summed E-state index contributed by atoms with van der Waals surface area (Å²) in [6.07, 6.45) is 0.482. The molecule has 0 saturated carbocycles. The maximum atomic E-state index is 8.86. The largest absolute Gasteiger partial charge is 0.339 e. The van der Waals surface area contributed by atoms with Crippen LogP contribution in [0, 0.1) is 11.3 Å². The van der Waals surface area contributed by atoms with Crippen LogP contribution in [0.15, 0.2) is 54.6 Å². The molecule has 0 bridgehead atoms. The number of aryl methyl sites for hydroxylation is 1. The maximum absolute atomic E-state index is 8.86. The lowest BCUT2D eigenvalue weighted by Crippen LogP contribution is -1.99. The lowest BCUT2D eigenvalue weighted by atomic mass is 10.1. The van der Waals surface area contributed by atoms with Gasteiger partial charge in [-0.2, -0.15) is 5.26 Å². The van der Waals surface area contributed by atoms with E-state index in [0.29, 0.717) is 13.0 Å². The Kier molecular flexibility index (Phi) is 3.45. The molecule has 98 valence electrons. The first-order valence-corrected chi connectivity index (χ1v) is 6.89. The van der Waals surface area contributed by atoms with Crippen LogP contribution < -0.4 is 0 Å². The van der Waals surface area contributed by atoms with E-state index in [1.807, 2.05) is 36.4 Å². The van der Waals surface area contributed by atoms with Crippen molar-refractivity contribution < 1.29 is 0 Å². The number of benzene rings is 2. The second-order valence-electron chi connectivity index (χ2n) is 4.63. The molecule has 0 N–H and O–H groups in total. The van der Waals surface area contributed by atoms with E-state index in [1.54, 1.807) is 0 Å². The second kappa shape index (κ2) is 5.40. The highest BCUT2D eigenvalue weighted by atomic mass is 35.5. The molecule has 0 spiro atoms. The molecule has 1 aromatic heterocycles. The van der Waals surface area contributed by atoms with E-state index >= 15 is 0 Å². The van der Waals surface area contributed by atoms with Crippen LogP contribution in [0.5, 0.6) is 0 Å². The maximum Gasteiger partial charge on any atom is 0.0640 e. The quantitative estimate of drug-likeness (QED) is 0.672. The zero-order chi connectivity index (χ0) is 13.9. The number of hydrogen-bond acceptors (Lipinski definition) is 1. The summed E-state index contributed by atoms with van der Waals surface area (Å²) in [5, 5.41) is 10.6. The molecule has 0 saturated heterocycles. The summed E-state index contributed by atoms with van der Waals surface area (Å²) >= 11 is 6.29. The number of nitriles is 1. The first kappa shape index (κ1) is 12.8. The zero-order valence-corrected chi connectivity index (χ0v) is 11.6. The molecule has 0 aliphatic rings. The lowest BCUT2D eigenvalue weighted by molar-refractivity contribution is 0.751. The molecule has 0 aliphatic carbocycles. The van der Waals surface area contributed by atoms with E-state index in [-0.39, 0.29) is 0 Å². The van der Waals surface area contributed by atoms with Gasteiger partial charge < -0.3 is 4.57 Å². The molecule has 2 aromatic carbocycles. The molecule has 0 amide bonds. The Balaban J connectivity index is 2.25. The molecule has 3 heteroatoms. The molecule has 3 aromatic rings. The smallest absolute Gasteiger partial charge is 0.0640 e. The van der Waals surface area contributed by atoms with Gasteiger partial charge in [0.05, 0.1) is 18.0 Å². The van der Waals surface area contributed by atoms with Crippen molar-refractivity contribution in [2.45, 2.75) is 13.0 Å². The Morgan fingerprint density at radius 1 is 1.05 bits per heavy atom. The molecule has 20 heavy (non-hydrogen) atoms. The normalized spacial score (nSPS) is 10.6. The van der Waals surface area contributed by atoms with Gasteiger partial charge in [-0.15, -0.1) is 0 Å². The molecule has 1 heterocycles. The Bertz CT molecular complexity index is 782. The van der Waals surface area contributed by atoms with Crippen molar-refractivity contribution in [2.24, 2.45) is 0 Å². The van der Waals surface area contributed by atoms with Gasteiger partial charge in [0.25, 0.3) is 0 Å². The molecule has 0 radical (unpaired) electrons. The number of nitrogens with zero attached hydrogens (tertiary/aromatic N) is 2. The molecule has 3 rings (SSSR count). The second-order valence-corrected chi connectivity index (χ2v) is 5.04. The average Bonchev–Trinajstić information content (AvgIpc) is 2.86. The van der Waals surface area contributed by atoms with Crippen molar-refractivity contribution in [1.82, 2.24) is 4.57 Å². The molecule has 0 unspecified atom stereocenters. The number of aromatic nitrogens is 1. The van der Waals surface area contributed by atoms with Gasteiger partial charge in [0.1, 0.15) is 0 Å². The van der Waals surface area contributed by atoms with Crippen molar-refractivity contribution in [3.05, 3.63) is 59.6 Å². The van der Waals surface area contributed by atoms with Crippen molar-refractivity contribution >= 4 is 22.5 Å². The summed E-state index contributed by atoms with van der Waals surface area (Å²) in [5.41, 5.74) is 3.31. The Labute approximate surface area is 122 Å². The van der Waals surface area contributed by atoms with E-state index in [4.69, 9.17) is 16.9 Å². The van der Waals surface area contributed by atoms with Crippen LogP contribution in [0.3, 0.4) is 0 Å². The van der Waals surface area contributed by atoms with E-state index < -0.39 is 0 Å². The van der Waals surface area contributed by atoms with Crippen LogP contribution in [0.25, 0.3) is 22.2 Å². The highest BCUT2D eigenvalue weighted by molar-refractivity contribution is 6.35. The topological polar surface area (TPSA) is 28.7 Å². The molecule has 2 nitrogen and oxygen atoms in total. The fraction of sp³-hybridized carbons (Fsp3) is 0.118. The molecule has 0 fully saturated rings. The minimum atomic E-state index is 0.482. The number of rotatable bonds is 3. The first-order valence-electron chi connectivity index (χ1n) is 6.51. The Morgan fingerprint density at radius 3 is 2.60 bits per heavy atom. The monoisotopic (exact) mass is 280 g/mol. The third-order valence-corrected chi connectivity index (χ3v) is 3.74. The van der Waals surface area contributed by atoms with Crippen LogP contribution in [0.2, 0.25) is 5.02 Å². The molecular weight excluding hydrogens is 268 g/mol. The Hall–Kier alpha value is -2.24. The van der Waals surface area contributed by atoms with E-state index in [2.05, 4.69) is 28.8 Å². The van der Waals surface area contributed by atoms with Gasteiger partial charge in [-0.3, -0.25) is 0 Å². The first-order chi connectivity index (χ1) is 9.81. The van der Waals surface area contributed by atoms with Crippen molar-refractivity contribution in [2.75, 3.05) is 0 Å². The summed E-state index contributed by atoms with van der Waals surface area (Å²) in [7, 11) is 0. The molecular formula is C17H13ClN2. The van der Waals surface area contributed by atoms with Crippen LogP contribution in [-0.2, 0) is 6.54 Å². The third-order valence-electron chi connectivity index (χ3n) is 3.41. The van der Waals surface area contributed by atoms with Gasteiger partial charge in [0, 0.05) is 22.6 Å². The Morgan fingerprint density at radius 2 is 1.85 bits per heavy atom. The summed E-state index contributed by atoms with van der Waals surface area (Å²) in [5.74, 6) is 0. The van der Waals surface area contributed by atoms with Crippen LogP contribution in [0.4, 0.5) is 0 Å². The van der Waals surface area contributed by atoms with Crippen LogP contribution in [0.1, 0.15) is 6.42 Å². The van der Waals surface area contributed by atoms with Gasteiger partial charge in [-0.1, -0.05) is 48.0 Å². The number of halogens is 1. The van der Waals surface area contributed by atoms with Crippen molar-refractivity contribution in [1.29, 1.82) is 5.26 Å². The van der Waals surface area contributed by atoms with Gasteiger partial charge in [-0.05, 0) is 23.8 Å². The van der Waals surface area contributed by atoms with Crippen LogP contribution in [-0.4, -0.2) is 4.57 Å². The highest BCUT2D eigenvalue weighted by Crippen LogP contribution is 2.32. The fourth-order valence-corrected chi connectivity index (χ4v) is 2.72. The summed E-state index contributed by atoms with van der Waals surface area (Å²) < 4.78 is 2.17. The van der Waals surface area contributed by atoms with Gasteiger partial charge >= 0.3 is 0 Å². The van der Waals surface area contributed by atoms with Crippen molar-refractivity contribution in [3.63, 3.8) is 0 Å². The SMILES string of the molecule is N#CCCn1c(-c2ccccc2)cc2c(Cl)cccc21. The lowest BCUT2D eigenvalue weighted by Gasteiger charge is -2.09. The fourth-order valence-electron chi connectivity index (χ4n) is 2.50. The minimum Gasteiger partial charge on any atom is -0.339 e. The van der Waals surface area contributed by atoms with Crippen LogP contribution >= 0.6 is 11.6 Å². The molecule has 0 aliphatic heterocycles. The summed E-state index contributed by atoms with van der Waals surface area (Å²) in [6.45, 7) is 0.671. The van der Waals surface area contributed by atoms with Gasteiger partial charge in [0.2, 0.25) is 0 Å². The summed E-state index contributed by atoms with van der Waals surface area (Å²) in [6, 6.07) is 20.4. The van der Waals surface area contributed by atoms with Gasteiger partial charge in [0.15, 0.2) is 0 Å². The number of fused-ring (bicyclic) bond motifs is 1. The van der Waals surface area contributed by atoms with E-state index in [9.17, 15) is 0 Å². The zero-order valence-electron chi connectivity index (χ0n) is 10.9. The summed E-state index contributed by atoms with van der Waals surface area (Å²) in [4.78, 5) is 0. The van der Waals surface area contributed by atoms with Crippen molar-refractivity contribution in [3.8, 4) is 17.3 Å². The predicted octanol–water partition coefficient (Wildman–Crippen LogP) is 4.88. The minimum absolute atomic E-state index is 0.482. The van der Waals surface area contributed by atoms with E-state index in [1.165, 1.54) is 0 Å². The number of hydrogen-bond donors (Lipinski definition) is 0. The highest BCUT2D eigenvalue weighted by Gasteiger charge is 2.12. The predicted molar refractivity (Wildman–Crippen MR) is 82.6 cm³/mol. The third kappa shape index (κ3) is 2.17. The standard InChI is InChI=1S/C17H13ClN2/c18-15-8-4-9-16-14(15)12-17(20(16)11-5-10-19)13-6-2-1-3-7-13/h1-4,6-9,12H,5,11H2.